The number of benzene rings is 2. The van der Waals surface area contributed by atoms with Gasteiger partial charge >= 0.3 is 17.8 Å². The number of fused-ring (bicyclic) bond motifs is 2. The zero-order chi connectivity index (χ0) is 54.5. The van der Waals surface area contributed by atoms with Gasteiger partial charge in [0.2, 0.25) is 17.5 Å². The molecule has 0 unspecified atom stereocenters. The van der Waals surface area contributed by atoms with Crippen LogP contribution >= 0.6 is 22.7 Å². The number of amides is 4. The molecule has 2 fully saturated rings. The van der Waals surface area contributed by atoms with E-state index < -0.39 is 35.4 Å². The van der Waals surface area contributed by atoms with Crippen molar-refractivity contribution in [2.45, 2.75) is 70.9 Å². The zero-order valence-corrected chi connectivity index (χ0v) is 45.3. The molecular weight excluding hydrogens is 999 g/mol. The molecule has 6 aromatic rings. The highest BCUT2D eigenvalue weighted by Gasteiger charge is 2.35. The summed E-state index contributed by atoms with van der Waals surface area (Å²) in [6, 6.07) is 15.9. The summed E-state index contributed by atoms with van der Waals surface area (Å²) in [6.07, 6.45) is 8.40. The number of carboxylic acids is 1. The number of hydrogen-bond donors (Lipinski definition) is 5. The molecule has 0 saturated carbocycles. The lowest BCUT2D eigenvalue weighted by Gasteiger charge is -2.38. The first-order valence-electron chi connectivity index (χ1n) is 24.6. The van der Waals surface area contributed by atoms with Crippen LogP contribution in [0.3, 0.4) is 0 Å². The van der Waals surface area contributed by atoms with Gasteiger partial charge in [-0.3, -0.25) is 24.0 Å². The number of anilines is 1. The zero-order valence-electron chi connectivity index (χ0n) is 43.7. The average Bonchev–Trinajstić information content (AvgIpc) is 4.00. The van der Waals surface area contributed by atoms with Gasteiger partial charge in [-0.25, -0.2) is 24.7 Å². The quantitative estimate of drug-likeness (QED) is 0.0729. The van der Waals surface area contributed by atoms with Crippen LogP contribution in [-0.4, -0.2) is 144 Å². The fraction of sp³-hybridized carbons (Fsp3) is 0.434. The average molecular weight is 1070 g/mol. The summed E-state index contributed by atoms with van der Waals surface area (Å²) in [7, 11) is 11.0. The molecule has 7 N–H and O–H groups in total. The third-order valence-electron chi connectivity index (χ3n) is 12.7. The Morgan fingerprint density at radius 2 is 1.29 bits per heavy atom. The van der Waals surface area contributed by atoms with Crippen LogP contribution in [0.2, 0.25) is 0 Å². The van der Waals surface area contributed by atoms with Crippen molar-refractivity contribution in [3.8, 4) is 11.8 Å². The molecule has 6 heterocycles. The molecule has 4 aromatic heterocycles. The number of carbonyl (C=O) groups is 6. The van der Waals surface area contributed by atoms with Crippen LogP contribution in [0.15, 0.2) is 60.9 Å². The Balaban J connectivity index is 0.000000202. The Labute approximate surface area is 444 Å². The molecule has 8 rings (SSSR count). The Morgan fingerprint density at radius 3 is 1.83 bits per heavy atom. The summed E-state index contributed by atoms with van der Waals surface area (Å²) in [5, 5.41) is 17.0. The maximum atomic E-state index is 13.3. The van der Waals surface area contributed by atoms with Crippen LogP contribution in [0.25, 0.3) is 20.4 Å². The van der Waals surface area contributed by atoms with Gasteiger partial charge in [-0.1, -0.05) is 26.0 Å². The highest BCUT2D eigenvalue weighted by Crippen LogP contribution is 2.36. The first-order chi connectivity index (χ1) is 35.7. The van der Waals surface area contributed by atoms with Gasteiger partial charge < -0.3 is 51.4 Å². The smallest absolute Gasteiger partial charge is 0.372 e. The number of aliphatic carboxylic acids is 1. The number of piperidine rings is 2. The molecular formula is C53H67N11O9S2. The van der Waals surface area contributed by atoms with Crippen molar-refractivity contribution in [1.82, 2.24) is 40.0 Å². The first kappa shape index (κ1) is 57.3. The summed E-state index contributed by atoms with van der Waals surface area (Å²) < 4.78 is 12.3. The number of pyridine rings is 2. The molecule has 2 aliphatic rings. The van der Waals surface area contributed by atoms with Crippen molar-refractivity contribution in [2.24, 2.45) is 23.3 Å². The summed E-state index contributed by atoms with van der Waals surface area (Å²) in [5.41, 5.74) is 15.4. The summed E-state index contributed by atoms with van der Waals surface area (Å²) in [4.78, 5) is 93.8. The number of ketones is 1. The van der Waals surface area contributed by atoms with E-state index >= 15 is 0 Å². The number of nitrogens with two attached hydrogens (primary N) is 2. The number of nitrogens with one attached hydrogen (secondary N) is 2. The molecule has 4 amide bonds. The molecule has 4 atom stereocenters. The summed E-state index contributed by atoms with van der Waals surface area (Å²) in [5.74, 6) is -4.35. The third-order valence-corrected chi connectivity index (χ3v) is 14.9. The number of carbonyl (C=O) groups excluding carboxylic acids is 5. The molecule has 2 aromatic carbocycles. The number of likely N-dealkylation sites (N-methyl/N-ethyl adjacent to an activating group) is 2. The van der Waals surface area contributed by atoms with Crippen molar-refractivity contribution in [2.75, 3.05) is 73.9 Å². The van der Waals surface area contributed by atoms with E-state index in [4.69, 9.17) is 36.0 Å². The molecule has 2 aliphatic heterocycles. The number of rotatable bonds is 16. The number of nitrogens with zero attached hydrogens (tertiary/aromatic N) is 7. The van der Waals surface area contributed by atoms with Gasteiger partial charge in [-0.15, -0.1) is 22.7 Å². The number of likely N-dealkylation sites (tertiary alicyclic amines) is 1. The predicted molar refractivity (Wildman–Crippen MR) is 289 cm³/mol. The minimum atomic E-state index is -1.54. The first-order valence-corrected chi connectivity index (χ1v) is 26.2. The van der Waals surface area contributed by atoms with E-state index in [9.17, 15) is 28.8 Å². The van der Waals surface area contributed by atoms with E-state index in [2.05, 4.69) is 82.6 Å². The lowest BCUT2D eigenvalue weighted by Crippen LogP contribution is -2.46. The number of carboxylic acid groups (broad SMARTS) is 1. The molecule has 0 aliphatic carbocycles. The maximum absolute atomic E-state index is 13.3. The lowest BCUT2D eigenvalue weighted by molar-refractivity contribution is -0.148. The van der Waals surface area contributed by atoms with Gasteiger partial charge in [-0.05, 0) is 125 Å². The summed E-state index contributed by atoms with van der Waals surface area (Å²) >= 11 is 3.52. The van der Waals surface area contributed by atoms with Gasteiger partial charge in [0.25, 0.3) is 11.8 Å². The van der Waals surface area contributed by atoms with E-state index in [1.54, 1.807) is 16.2 Å². The van der Waals surface area contributed by atoms with Crippen LogP contribution in [0, 0.1) is 11.8 Å². The van der Waals surface area contributed by atoms with Crippen molar-refractivity contribution < 1.29 is 43.3 Å². The fourth-order valence-corrected chi connectivity index (χ4v) is 10.5. The normalized spacial score (nSPS) is 17.4. The Hall–Kier alpha value is -6.98. The van der Waals surface area contributed by atoms with E-state index in [1.165, 1.54) is 72.4 Å². The van der Waals surface area contributed by atoms with Crippen molar-refractivity contribution in [3.05, 3.63) is 98.8 Å². The Bertz CT molecular complexity index is 3010. The molecule has 2 saturated heterocycles. The van der Waals surface area contributed by atoms with Crippen LogP contribution in [0.5, 0.6) is 11.8 Å². The molecule has 0 spiro atoms. The predicted octanol–water partition coefficient (Wildman–Crippen LogP) is 5.69. The van der Waals surface area contributed by atoms with E-state index in [0.29, 0.717) is 12.6 Å². The van der Waals surface area contributed by atoms with Crippen molar-refractivity contribution >= 4 is 84.2 Å². The minimum Gasteiger partial charge on any atom is -0.480 e. The number of primary amides is 2. The molecule has 22 heteroatoms. The van der Waals surface area contributed by atoms with E-state index in [-0.39, 0.29) is 52.5 Å². The monoisotopic (exact) mass is 1070 g/mol. The van der Waals surface area contributed by atoms with Gasteiger partial charge in [0.05, 0.1) is 62.6 Å². The second-order valence-corrected chi connectivity index (χ2v) is 21.6. The van der Waals surface area contributed by atoms with Gasteiger partial charge in [0, 0.05) is 51.1 Å². The van der Waals surface area contributed by atoms with Crippen LogP contribution in [0.1, 0.15) is 99.0 Å². The van der Waals surface area contributed by atoms with Crippen molar-refractivity contribution in [3.63, 3.8) is 0 Å². The Morgan fingerprint density at radius 1 is 0.747 bits per heavy atom. The molecule has 0 radical (unpaired) electrons. The van der Waals surface area contributed by atoms with Gasteiger partial charge in [-0.2, -0.15) is 0 Å². The number of aromatic nitrogens is 4. The number of ether oxygens (including phenoxy) is 2. The van der Waals surface area contributed by atoms with Crippen LogP contribution in [-0.2, 0) is 38.4 Å². The fourth-order valence-electron chi connectivity index (χ4n) is 8.63. The number of methoxy groups -OCH3 is 2. The minimum absolute atomic E-state index is 0.00295. The van der Waals surface area contributed by atoms with E-state index in [1.807, 2.05) is 37.6 Å². The third kappa shape index (κ3) is 15.8. The lowest BCUT2D eigenvalue weighted by atomic mass is 9.89. The van der Waals surface area contributed by atoms with E-state index in [0.717, 1.165) is 72.0 Å². The van der Waals surface area contributed by atoms with Crippen LogP contribution < -0.4 is 31.6 Å². The number of hydrogen-bond acceptors (Lipinski definition) is 17. The second-order valence-electron chi connectivity index (χ2n) is 19.3. The van der Waals surface area contributed by atoms with Crippen molar-refractivity contribution in [1.29, 1.82) is 0 Å². The number of Topliss-reactive ketones (excluding diaryl/α,β-unsaturated/α-hetero) is 1. The Kier molecular flexibility index (Phi) is 20.2. The SMILES string of the molecule is COc1ncc(CC(=O)C(=O)O)cc1C(N)=O.COc1ncc(NC(=O)C(=O)N2C[C@H](C)CC[C@H]2c2ccc3sc(CCN(C)C)nc3c2)cc1C(N)=O.C[C@@H]1CC[C@@H](c2ccc3sc(CCN(C)C)nc3c2)NC1. The molecule has 400 valence electrons. The highest BCUT2D eigenvalue weighted by atomic mass is 32.1. The molecule has 0 bridgehead atoms. The topological polar surface area (TPSA) is 278 Å². The van der Waals surface area contributed by atoms with Gasteiger partial charge in [0.15, 0.2) is 0 Å². The summed E-state index contributed by atoms with van der Waals surface area (Å²) in [6.45, 7) is 7.98. The highest BCUT2D eigenvalue weighted by molar-refractivity contribution is 7.18. The molecule has 75 heavy (non-hydrogen) atoms. The van der Waals surface area contributed by atoms with Gasteiger partial charge in [0.1, 0.15) is 11.1 Å². The standard InChI is InChI=1S/C26H32N6O4S.C17H25N3S.C10H10N2O5/c1-15-5-7-20(16-6-8-21-19(11-16)30-22(37-21)9-10-31(2)3)32(14-15)26(35)24(34)29-17-12-18(23(27)33)25(36-4)28-13-17;1-12-4-6-14(18-11-12)13-5-7-16-15(10-13)19-17(21-16)8-9-20(2)3;1-17-9-6(8(11)14)2-5(4-12-9)3-7(13)10(15)16/h6,8,11-13,15,20H,5,7,9-10,14H2,1-4H3,(H2,27,33)(H,29,34);5,7,10,12,14,18H,4,6,8-9,11H2,1-3H3;2,4H,3H2,1H3,(H2,11,14)(H,15,16)/t15-,20+;12-,14+;/m11./s1. The number of thiazole rings is 2. The molecule has 20 nitrogen and oxygen atoms in total. The van der Waals surface area contributed by atoms with Crippen LogP contribution in [0.4, 0.5) is 5.69 Å². The largest absolute Gasteiger partial charge is 0.480 e. The second kappa shape index (κ2) is 26.5. The maximum Gasteiger partial charge on any atom is 0.372 e.